The fraction of sp³-hybridized carbons (Fsp3) is 0.357. The van der Waals surface area contributed by atoms with Gasteiger partial charge >= 0.3 is 0 Å². The van der Waals surface area contributed by atoms with Crippen LogP contribution in [0.5, 0.6) is 0 Å². The Hall–Kier alpha value is -1.48. The highest BCUT2D eigenvalue weighted by atomic mass is 35.5. The van der Waals surface area contributed by atoms with Crippen LogP contribution in [0.1, 0.15) is 32.0 Å². The van der Waals surface area contributed by atoms with Gasteiger partial charge in [-0.3, -0.25) is 4.68 Å². The van der Waals surface area contributed by atoms with Crippen LogP contribution < -0.4 is 5.32 Å². The molecule has 0 bridgehead atoms. The highest BCUT2D eigenvalue weighted by Gasteiger charge is 2.05. The van der Waals surface area contributed by atoms with Gasteiger partial charge in [0, 0.05) is 12.2 Å². The van der Waals surface area contributed by atoms with Crippen molar-refractivity contribution in [1.82, 2.24) is 9.78 Å². The van der Waals surface area contributed by atoms with Gasteiger partial charge in [-0.1, -0.05) is 30.7 Å². The Morgan fingerprint density at radius 1 is 1.33 bits per heavy atom. The Bertz CT molecular complexity index is 507. The number of aromatic nitrogens is 2. The minimum atomic E-state index is 0.444. The summed E-state index contributed by atoms with van der Waals surface area (Å²) in [4.78, 5) is 0. The molecule has 0 aliphatic heterocycles. The van der Waals surface area contributed by atoms with Gasteiger partial charge in [-0.05, 0) is 31.5 Å². The Balaban J connectivity index is 1.98. The van der Waals surface area contributed by atoms with Crippen molar-refractivity contribution in [3.63, 3.8) is 0 Å². The molecule has 1 heterocycles. The lowest BCUT2D eigenvalue weighted by Gasteiger charge is -2.09. The van der Waals surface area contributed by atoms with Gasteiger partial charge < -0.3 is 5.32 Å². The summed E-state index contributed by atoms with van der Waals surface area (Å²) < 4.78 is 2.00. The zero-order chi connectivity index (χ0) is 13.0. The van der Waals surface area contributed by atoms with Gasteiger partial charge in [0.05, 0.1) is 22.9 Å². The van der Waals surface area contributed by atoms with Crippen molar-refractivity contribution in [2.24, 2.45) is 0 Å². The summed E-state index contributed by atoms with van der Waals surface area (Å²) in [5.74, 6) is 0. The van der Waals surface area contributed by atoms with Crippen molar-refractivity contribution in [2.75, 3.05) is 5.32 Å². The summed E-state index contributed by atoms with van der Waals surface area (Å²) in [6.07, 6.45) is 3.11. The molecule has 0 aliphatic carbocycles. The smallest absolute Gasteiger partial charge is 0.0815 e. The summed E-state index contributed by atoms with van der Waals surface area (Å²) in [5, 5.41) is 8.56. The zero-order valence-corrected chi connectivity index (χ0v) is 11.5. The van der Waals surface area contributed by atoms with E-state index in [0.717, 1.165) is 22.8 Å². The number of benzene rings is 1. The number of nitrogens with one attached hydrogen (secondary N) is 1. The average Bonchev–Trinajstić information content (AvgIpc) is 2.86. The molecule has 0 saturated carbocycles. The fourth-order valence-electron chi connectivity index (χ4n) is 1.69. The van der Waals surface area contributed by atoms with Gasteiger partial charge in [-0.25, -0.2) is 0 Å². The minimum absolute atomic E-state index is 0.444. The first-order valence-electron chi connectivity index (χ1n) is 6.23. The molecule has 0 aliphatic rings. The molecule has 0 radical (unpaired) electrons. The van der Waals surface area contributed by atoms with Crippen molar-refractivity contribution in [2.45, 2.75) is 32.9 Å². The maximum absolute atomic E-state index is 6.08. The van der Waals surface area contributed by atoms with Crippen molar-refractivity contribution in [1.29, 1.82) is 0 Å². The quantitative estimate of drug-likeness (QED) is 0.879. The molecule has 2 aromatic rings. The molecule has 0 saturated heterocycles. The lowest BCUT2D eigenvalue weighted by molar-refractivity contribution is 0.474. The van der Waals surface area contributed by atoms with Crippen LogP contribution in [0.15, 0.2) is 36.5 Å². The van der Waals surface area contributed by atoms with Gasteiger partial charge in [0.25, 0.3) is 0 Å². The highest BCUT2D eigenvalue weighted by Crippen LogP contribution is 2.21. The molecular formula is C14H18ClN3. The third kappa shape index (κ3) is 3.05. The van der Waals surface area contributed by atoms with Crippen molar-refractivity contribution >= 4 is 17.3 Å². The van der Waals surface area contributed by atoms with Gasteiger partial charge in [-0.15, -0.1) is 0 Å². The van der Waals surface area contributed by atoms with E-state index < -0.39 is 0 Å². The van der Waals surface area contributed by atoms with Crippen LogP contribution in [-0.2, 0) is 6.54 Å². The van der Waals surface area contributed by atoms with Gasteiger partial charge in [0.15, 0.2) is 0 Å². The highest BCUT2D eigenvalue weighted by molar-refractivity contribution is 6.33. The van der Waals surface area contributed by atoms with Crippen molar-refractivity contribution in [3.05, 3.63) is 47.2 Å². The van der Waals surface area contributed by atoms with Crippen LogP contribution in [0.25, 0.3) is 0 Å². The molecule has 1 aromatic heterocycles. The monoisotopic (exact) mass is 263 g/mol. The number of nitrogens with zero attached hydrogens (tertiary/aromatic N) is 2. The van der Waals surface area contributed by atoms with Gasteiger partial charge in [0.2, 0.25) is 0 Å². The third-order valence-electron chi connectivity index (χ3n) is 3.04. The maximum Gasteiger partial charge on any atom is 0.0815 e. The molecule has 18 heavy (non-hydrogen) atoms. The largest absolute Gasteiger partial charge is 0.378 e. The second-order valence-electron chi connectivity index (χ2n) is 4.38. The molecule has 2 rings (SSSR count). The number of hydrogen-bond acceptors (Lipinski definition) is 2. The molecule has 1 unspecified atom stereocenters. The molecule has 96 valence electrons. The van der Waals surface area contributed by atoms with Crippen molar-refractivity contribution in [3.8, 4) is 0 Å². The first-order valence-corrected chi connectivity index (χ1v) is 6.61. The van der Waals surface area contributed by atoms with Crippen LogP contribution in [0.3, 0.4) is 0 Å². The second-order valence-corrected chi connectivity index (χ2v) is 4.78. The lowest BCUT2D eigenvalue weighted by Crippen LogP contribution is -2.06. The summed E-state index contributed by atoms with van der Waals surface area (Å²) in [7, 11) is 0. The zero-order valence-electron chi connectivity index (χ0n) is 10.7. The second kappa shape index (κ2) is 5.91. The van der Waals surface area contributed by atoms with E-state index in [1.165, 1.54) is 0 Å². The van der Waals surface area contributed by atoms with Crippen LogP contribution in [0.2, 0.25) is 5.02 Å². The lowest BCUT2D eigenvalue weighted by atomic mass is 10.3. The van der Waals surface area contributed by atoms with E-state index in [-0.39, 0.29) is 0 Å². The van der Waals surface area contributed by atoms with E-state index in [1.807, 2.05) is 41.2 Å². The van der Waals surface area contributed by atoms with Gasteiger partial charge in [-0.2, -0.15) is 5.10 Å². The van der Waals surface area contributed by atoms with E-state index in [0.29, 0.717) is 12.6 Å². The molecule has 1 atom stereocenters. The van der Waals surface area contributed by atoms with Crippen LogP contribution in [-0.4, -0.2) is 9.78 Å². The first kappa shape index (κ1) is 13.0. The summed E-state index contributed by atoms with van der Waals surface area (Å²) >= 11 is 6.08. The molecule has 1 N–H and O–H groups in total. The van der Waals surface area contributed by atoms with Gasteiger partial charge in [0.1, 0.15) is 0 Å². The third-order valence-corrected chi connectivity index (χ3v) is 3.37. The standard InChI is InChI=1S/C14H18ClN3/c1-3-11(2)18-9-8-12(17-18)10-16-14-7-5-4-6-13(14)15/h4-9,11,16H,3,10H2,1-2H3. The molecule has 3 nitrogen and oxygen atoms in total. The normalized spacial score (nSPS) is 12.4. The summed E-state index contributed by atoms with van der Waals surface area (Å²) in [6.45, 7) is 5.01. The Kier molecular flexibility index (Phi) is 4.26. The number of para-hydroxylation sites is 1. The number of anilines is 1. The Morgan fingerprint density at radius 3 is 2.83 bits per heavy atom. The Labute approximate surface area is 113 Å². The Morgan fingerprint density at radius 2 is 2.11 bits per heavy atom. The predicted molar refractivity (Wildman–Crippen MR) is 76.0 cm³/mol. The molecular weight excluding hydrogens is 246 g/mol. The SMILES string of the molecule is CCC(C)n1ccc(CNc2ccccc2Cl)n1. The molecule has 0 fully saturated rings. The molecule has 4 heteroatoms. The molecule has 1 aromatic carbocycles. The topological polar surface area (TPSA) is 29.9 Å². The number of halogens is 1. The van der Waals surface area contributed by atoms with E-state index in [9.17, 15) is 0 Å². The average molecular weight is 264 g/mol. The molecule has 0 spiro atoms. The van der Waals surface area contributed by atoms with Crippen LogP contribution in [0, 0.1) is 0 Å². The fourth-order valence-corrected chi connectivity index (χ4v) is 1.90. The minimum Gasteiger partial charge on any atom is -0.378 e. The number of rotatable bonds is 5. The van der Waals surface area contributed by atoms with E-state index >= 15 is 0 Å². The first-order chi connectivity index (χ1) is 8.70. The summed E-state index contributed by atoms with van der Waals surface area (Å²) in [5.41, 5.74) is 1.97. The number of hydrogen-bond donors (Lipinski definition) is 1. The van der Waals surface area contributed by atoms with E-state index in [4.69, 9.17) is 11.6 Å². The predicted octanol–water partition coefficient (Wildman–Crippen LogP) is 4.12. The van der Waals surface area contributed by atoms with E-state index in [1.54, 1.807) is 0 Å². The van der Waals surface area contributed by atoms with Crippen LogP contribution >= 0.6 is 11.6 Å². The van der Waals surface area contributed by atoms with E-state index in [2.05, 4.69) is 24.3 Å². The van der Waals surface area contributed by atoms with Crippen molar-refractivity contribution < 1.29 is 0 Å². The maximum atomic E-state index is 6.08. The summed E-state index contributed by atoms with van der Waals surface area (Å²) in [6, 6.07) is 10.2. The van der Waals surface area contributed by atoms with Crippen LogP contribution in [0.4, 0.5) is 5.69 Å². The molecule has 0 amide bonds.